The van der Waals surface area contributed by atoms with E-state index in [4.69, 9.17) is 14.7 Å². The zero-order valence-corrected chi connectivity index (χ0v) is 32.3. The highest BCUT2D eigenvalue weighted by atomic mass is 32.2. The normalized spacial score (nSPS) is 23.3. The summed E-state index contributed by atoms with van der Waals surface area (Å²) in [6.07, 6.45) is 9.20. The summed E-state index contributed by atoms with van der Waals surface area (Å²) >= 11 is 0. The first kappa shape index (κ1) is 35.4. The van der Waals surface area contributed by atoms with Gasteiger partial charge in [-0.3, -0.25) is 4.79 Å². The Balaban J connectivity index is 1.19. The first-order valence-electron chi connectivity index (χ1n) is 18.8. The molecule has 1 amide bonds. The van der Waals surface area contributed by atoms with Crippen LogP contribution in [0.4, 0.5) is 11.8 Å². The second-order valence-electron chi connectivity index (χ2n) is 17.0. The Hall–Kier alpha value is -4.58. The number of amides is 1. The number of sulfonamides is 1. The van der Waals surface area contributed by atoms with Gasteiger partial charge in [-0.25, -0.2) is 28.1 Å². The van der Waals surface area contributed by atoms with Gasteiger partial charge in [0.25, 0.3) is 15.9 Å². The monoisotopic (exact) mass is 735 g/mol. The van der Waals surface area contributed by atoms with Crippen molar-refractivity contribution in [2.24, 2.45) is 10.8 Å². The first-order valence-corrected chi connectivity index (χ1v) is 20.3. The van der Waals surface area contributed by atoms with Gasteiger partial charge in [0, 0.05) is 48.4 Å². The second kappa shape index (κ2) is 13.1. The largest absolute Gasteiger partial charge is 0.475 e. The highest BCUT2D eigenvalue weighted by Crippen LogP contribution is 2.62. The lowest BCUT2D eigenvalue weighted by Gasteiger charge is -2.48. The molecule has 4 aromatic rings. The molecule has 4 bridgehead atoms. The third kappa shape index (κ3) is 6.98. The lowest BCUT2D eigenvalue weighted by Crippen LogP contribution is -2.56. The number of aryl methyl sites for hydroxylation is 2. The van der Waals surface area contributed by atoms with Crippen molar-refractivity contribution in [1.82, 2.24) is 24.8 Å². The lowest BCUT2D eigenvalue weighted by molar-refractivity contribution is 0.0156. The Labute approximate surface area is 312 Å². The molecular weight excluding hydrogens is 687 g/mol. The minimum Gasteiger partial charge on any atom is -0.475 e. The van der Waals surface area contributed by atoms with Crippen LogP contribution in [-0.2, 0) is 10.0 Å². The van der Waals surface area contributed by atoms with Crippen LogP contribution >= 0.6 is 0 Å². The zero-order valence-electron chi connectivity index (χ0n) is 31.5. The predicted octanol–water partition coefficient (Wildman–Crippen LogP) is 7.32. The van der Waals surface area contributed by atoms with Gasteiger partial charge in [0.15, 0.2) is 0 Å². The number of hydrogen-bond acceptors (Lipinski definition) is 9. The molecule has 8 rings (SSSR count). The van der Waals surface area contributed by atoms with Crippen LogP contribution in [-0.4, -0.2) is 70.9 Å². The number of aromatic nitrogens is 4. The van der Waals surface area contributed by atoms with Gasteiger partial charge in [-0.2, -0.15) is 4.98 Å². The van der Waals surface area contributed by atoms with Gasteiger partial charge >= 0.3 is 0 Å². The van der Waals surface area contributed by atoms with Crippen molar-refractivity contribution in [2.45, 2.75) is 109 Å². The van der Waals surface area contributed by atoms with Gasteiger partial charge in [-0.1, -0.05) is 45.0 Å². The summed E-state index contributed by atoms with van der Waals surface area (Å²) < 4.78 is 36.8. The Kier molecular flexibility index (Phi) is 8.74. The van der Waals surface area contributed by atoms with Crippen LogP contribution in [0.1, 0.15) is 98.9 Å². The minimum atomic E-state index is -4.17. The van der Waals surface area contributed by atoms with Crippen molar-refractivity contribution in [3.8, 4) is 17.1 Å². The molecule has 3 atom stereocenters. The van der Waals surface area contributed by atoms with Crippen molar-refractivity contribution in [3.63, 3.8) is 0 Å². The summed E-state index contributed by atoms with van der Waals surface area (Å²) in [6.45, 7) is 10.6. The number of carbonyl (C=O) groups is 1. The Morgan fingerprint density at radius 3 is 2.40 bits per heavy atom. The maximum Gasteiger partial charge on any atom is 0.264 e. The molecule has 1 spiro atoms. The maximum atomic E-state index is 14.9. The van der Waals surface area contributed by atoms with Crippen LogP contribution in [0.15, 0.2) is 65.7 Å². The molecule has 1 aliphatic heterocycles. The van der Waals surface area contributed by atoms with E-state index in [1.165, 1.54) is 37.8 Å². The topological polar surface area (TPSA) is 131 Å². The van der Waals surface area contributed by atoms with Crippen LogP contribution < -0.4 is 14.4 Å². The van der Waals surface area contributed by atoms with E-state index in [1.807, 2.05) is 49.2 Å². The fourth-order valence-electron chi connectivity index (χ4n) is 8.57. The second-order valence-corrected chi connectivity index (χ2v) is 18.6. The number of anilines is 2. The maximum absolute atomic E-state index is 14.9. The van der Waals surface area contributed by atoms with Crippen LogP contribution in [0.25, 0.3) is 11.3 Å². The summed E-state index contributed by atoms with van der Waals surface area (Å²) in [7, 11) is -2.04. The number of carbonyl (C=O) groups excluding carboxylic acids is 1. The molecule has 278 valence electrons. The first-order chi connectivity index (χ1) is 25.2. The Morgan fingerprint density at radius 1 is 0.981 bits per heavy atom. The summed E-state index contributed by atoms with van der Waals surface area (Å²) in [5, 5.41) is 0. The number of rotatable bonds is 6. The quantitative estimate of drug-likeness (QED) is 0.217. The predicted molar refractivity (Wildman–Crippen MR) is 205 cm³/mol. The van der Waals surface area contributed by atoms with E-state index < -0.39 is 10.0 Å². The van der Waals surface area contributed by atoms with Crippen LogP contribution in [0.2, 0.25) is 0 Å². The summed E-state index contributed by atoms with van der Waals surface area (Å²) in [5.74, 6) is 1.43. The molecule has 0 saturated heterocycles. The van der Waals surface area contributed by atoms with Gasteiger partial charge in [0.05, 0.1) is 16.6 Å². The van der Waals surface area contributed by atoms with Crippen molar-refractivity contribution in [1.29, 1.82) is 0 Å². The molecule has 4 aliphatic rings. The van der Waals surface area contributed by atoms with Crippen LogP contribution in [0.3, 0.4) is 0 Å². The Morgan fingerprint density at radius 2 is 1.72 bits per heavy atom. The van der Waals surface area contributed by atoms with Crippen LogP contribution in [0.5, 0.6) is 5.88 Å². The summed E-state index contributed by atoms with van der Waals surface area (Å²) in [4.78, 5) is 38.2. The third-order valence-corrected chi connectivity index (χ3v) is 13.1. The highest BCUT2D eigenvalue weighted by Gasteiger charge is 2.54. The van der Waals surface area contributed by atoms with Gasteiger partial charge in [-0.05, 0) is 105 Å². The number of fused-ring (bicyclic) bond motifs is 4. The van der Waals surface area contributed by atoms with E-state index in [9.17, 15) is 13.2 Å². The zero-order chi connectivity index (χ0) is 37.3. The van der Waals surface area contributed by atoms with Crippen molar-refractivity contribution in [3.05, 3.63) is 83.3 Å². The number of hydrogen-bond donors (Lipinski definition) is 1. The Bertz CT molecular complexity index is 2150. The molecule has 0 radical (unpaired) electrons. The molecule has 2 aromatic carbocycles. The lowest BCUT2D eigenvalue weighted by atomic mass is 9.75. The molecule has 11 nitrogen and oxygen atoms in total. The molecule has 1 N–H and O–H groups in total. The molecule has 2 aromatic heterocycles. The molecule has 53 heavy (non-hydrogen) atoms. The van der Waals surface area contributed by atoms with Crippen molar-refractivity contribution < 1.29 is 17.9 Å². The molecule has 3 heterocycles. The third-order valence-electron chi connectivity index (χ3n) is 11.7. The van der Waals surface area contributed by atoms with E-state index >= 15 is 0 Å². The number of benzene rings is 2. The van der Waals surface area contributed by atoms with Gasteiger partial charge in [0.2, 0.25) is 11.8 Å². The minimum absolute atomic E-state index is 0.0494. The highest BCUT2D eigenvalue weighted by molar-refractivity contribution is 7.92. The van der Waals surface area contributed by atoms with Crippen LogP contribution in [0, 0.1) is 24.7 Å². The summed E-state index contributed by atoms with van der Waals surface area (Å²) in [5.41, 5.74) is 4.10. The molecular formula is C41H49N7O4S. The van der Waals surface area contributed by atoms with E-state index in [0.29, 0.717) is 23.6 Å². The van der Waals surface area contributed by atoms with E-state index in [1.54, 1.807) is 18.2 Å². The molecule has 3 fully saturated rings. The van der Waals surface area contributed by atoms with E-state index in [0.717, 1.165) is 41.2 Å². The number of nitrogens with one attached hydrogen (secondary N) is 1. The number of ether oxygens (including phenoxy) is 1. The molecule has 12 heteroatoms. The average molecular weight is 736 g/mol. The number of nitrogens with zero attached hydrogens (tertiary/aromatic N) is 6. The molecule has 3 saturated carbocycles. The molecule has 3 aliphatic carbocycles. The fraction of sp³-hybridized carbons (Fsp3) is 0.488. The van der Waals surface area contributed by atoms with Crippen molar-refractivity contribution in [2.75, 3.05) is 23.3 Å². The summed E-state index contributed by atoms with van der Waals surface area (Å²) in [6, 6.07) is 15.8. The van der Waals surface area contributed by atoms with E-state index in [-0.39, 0.29) is 58.2 Å². The van der Waals surface area contributed by atoms with Gasteiger partial charge in [0.1, 0.15) is 18.2 Å². The standard InChI is InChI=1S/C41H49N7O4S/c1-25-9-7-10-26(2)36(25)32-20-35-45-39(43-32)46-53(50,51)30-12-8-11-27(19-30)38(49)48(29(24-52-35)21-40(3,4)5)33-14-13-31(33)37-42-18-15-34(44-37)47(6)28-22-41(23-28)16-17-41/h7-12,15,18-20,28-29,31,33H,13-14,16-17,21-24H2,1-6H3,(H,43,45,46)/t29-,31?,33?/m1/s1. The average Bonchev–Trinajstić information content (AvgIpc) is 3.88. The molecule has 2 unspecified atom stereocenters. The van der Waals surface area contributed by atoms with E-state index in [2.05, 4.69) is 47.4 Å². The smallest absolute Gasteiger partial charge is 0.264 e. The van der Waals surface area contributed by atoms with Gasteiger partial charge in [-0.15, -0.1) is 0 Å². The van der Waals surface area contributed by atoms with Gasteiger partial charge < -0.3 is 14.5 Å². The van der Waals surface area contributed by atoms with Crippen molar-refractivity contribution >= 4 is 27.7 Å². The fourth-order valence-corrected chi connectivity index (χ4v) is 9.56. The SMILES string of the molecule is Cc1cccc(C)c1-c1cc2nc(n1)NS(=O)(=O)c1cccc(c1)C(=O)N(C1CCC1c1nccc(N(C)C3CC4(CC4)C3)n1)[C@H](CC(C)(C)C)CO2.